The Morgan fingerprint density at radius 2 is 1.91 bits per heavy atom. The lowest BCUT2D eigenvalue weighted by molar-refractivity contribution is 0.587. The lowest BCUT2D eigenvalue weighted by Crippen LogP contribution is -2.10. The number of nitrogens with zero attached hydrogens (tertiary/aromatic N) is 3. The van der Waals surface area contributed by atoms with Crippen LogP contribution >= 0.6 is 0 Å². The molecule has 23 heavy (non-hydrogen) atoms. The van der Waals surface area contributed by atoms with Gasteiger partial charge in [0.1, 0.15) is 5.52 Å². The van der Waals surface area contributed by atoms with Crippen LogP contribution in [0.4, 0.5) is 5.82 Å². The van der Waals surface area contributed by atoms with Gasteiger partial charge in [0.25, 0.3) is 0 Å². The molecule has 2 N–H and O–H groups in total. The fourth-order valence-corrected chi connectivity index (χ4v) is 3.93. The molecule has 0 aliphatic carbocycles. The Hall–Kier alpha value is -2.41. The highest BCUT2D eigenvalue weighted by molar-refractivity contribution is 7.91. The second-order valence-corrected chi connectivity index (χ2v) is 7.56. The van der Waals surface area contributed by atoms with Gasteiger partial charge in [-0.1, -0.05) is 18.2 Å². The van der Waals surface area contributed by atoms with E-state index in [-0.39, 0.29) is 5.75 Å². The van der Waals surface area contributed by atoms with Crippen LogP contribution in [0.3, 0.4) is 0 Å². The van der Waals surface area contributed by atoms with Gasteiger partial charge in [0.2, 0.25) is 0 Å². The summed E-state index contributed by atoms with van der Waals surface area (Å²) in [7, 11) is -3.26. The van der Waals surface area contributed by atoms with Crippen LogP contribution in [-0.4, -0.2) is 28.7 Å². The van der Waals surface area contributed by atoms with Gasteiger partial charge in [0.05, 0.1) is 22.5 Å². The van der Waals surface area contributed by atoms with Crippen molar-refractivity contribution in [2.24, 2.45) is 0 Å². The van der Waals surface area contributed by atoms with Gasteiger partial charge >= 0.3 is 0 Å². The Balaban J connectivity index is 1.76. The number of benzene rings is 1. The SMILES string of the molecule is Cc1cnc(N)c2ncn(CCCS(=O)(=O)c3ccccc3)c12. The van der Waals surface area contributed by atoms with Gasteiger partial charge < -0.3 is 10.3 Å². The van der Waals surface area contributed by atoms with Gasteiger partial charge in [-0.2, -0.15) is 0 Å². The minimum Gasteiger partial charge on any atom is -0.382 e. The summed E-state index contributed by atoms with van der Waals surface area (Å²) in [4.78, 5) is 8.72. The van der Waals surface area contributed by atoms with Crippen molar-refractivity contribution >= 4 is 26.7 Å². The van der Waals surface area contributed by atoms with Crippen molar-refractivity contribution in [1.29, 1.82) is 0 Å². The molecule has 0 bridgehead atoms. The van der Waals surface area contributed by atoms with Crippen LogP contribution in [0.5, 0.6) is 0 Å². The molecule has 3 aromatic rings. The van der Waals surface area contributed by atoms with Crippen molar-refractivity contribution in [3.05, 3.63) is 48.4 Å². The predicted octanol–water partition coefficient (Wildman–Crippen LogP) is 2.19. The maximum absolute atomic E-state index is 12.3. The monoisotopic (exact) mass is 330 g/mol. The number of fused-ring (bicyclic) bond motifs is 1. The number of nitrogen functional groups attached to an aromatic ring is 1. The Morgan fingerprint density at radius 1 is 1.17 bits per heavy atom. The summed E-state index contributed by atoms with van der Waals surface area (Å²) < 4.78 is 26.5. The third kappa shape index (κ3) is 3.05. The molecule has 2 aromatic heterocycles. The number of pyridine rings is 1. The Labute approximate surface area is 134 Å². The van der Waals surface area contributed by atoms with Crippen molar-refractivity contribution in [3.63, 3.8) is 0 Å². The molecule has 0 amide bonds. The van der Waals surface area contributed by atoms with E-state index in [4.69, 9.17) is 5.73 Å². The van der Waals surface area contributed by atoms with E-state index in [1.54, 1.807) is 42.9 Å². The van der Waals surface area contributed by atoms with E-state index in [1.807, 2.05) is 11.5 Å². The number of hydrogen-bond acceptors (Lipinski definition) is 5. The molecule has 0 fully saturated rings. The molecular weight excluding hydrogens is 312 g/mol. The third-order valence-corrected chi connectivity index (χ3v) is 5.58. The van der Waals surface area contributed by atoms with Crippen LogP contribution in [0.15, 0.2) is 47.8 Å². The normalized spacial score (nSPS) is 11.9. The molecule has 0 aliphatic heterocycles. The maximum Gasteiger partial charge on any atom is 0.178 e. The van der Waals surface area contributed by atoms with E-state index in [9.17, 15) is 8.42 Å². The Bertz CT molecular complexity index is 933. The number of rotatable bonds is 5. The van der Waals surface area contributed by atoms with Crippen molar-refractivity contribution in [3.8, 4) is 0 Å². The molecule has 1 aromatic carbocycles. The summed E-state index contributed by atoms with van der Waals surface area (Å²) in [6.07, 6.45) is 3.89. The number of anilines is 1. The highest BCUT2D eigenvalue weighted by Crippen LogP contribution is 2.21. The quantitative estimate of drug-likeness (QED) is 0.774. The molecule has 0 spiro atoms. The summed E-state index contributed by atoms with van der Waals surface area (Å²) in [5.74, 6) is 0.484. The van der Waals surface area contributed by atoms with Crippen LogP contribution < -0.4 is 5.73 Å². The van der Waals surface area contributed by atoms with Crippen molar-refractivity contribution in [1.82, 2.24) is 14.5 Å². The van der Waals surface area contributed by atoms with E-state index in [0.717, 1.165) is 11.1 Å². The highest BCUT2D eigenvalue weighted by Gasteiger charge is 2.14. The summed E-state index contributed by atoms with van der Waals surface area (Å²) in [5, 5.41) is 0. The van der Waals surface area contributed by atoms with E-state index < -0.39 is 9.84 Å². The number of imidazole rings is 1. The highest BCUT2D eigenvalue weighted by atomic mass is 32.2. The summed E-state index contributed by atoms with van der Waals surface area (Å²) in [6, 6.07) is 8.51. The first-order valence-corrected chi connectivity index (χ1v) is 8.98. The van der Waals surface area contributed by atoms with Crippen LogP contribution in [0, 0.1) is 6.92 Å². The first-order valence-electron chi connectivity index (χ1n) is 7.33. The molecule has 0 aliphatic rings. The molecule has 0 saturated heterocycles. The fraction of sp³-hybridized carbons (Fsp3) is 0.250. The zero-order valence-corrected chi connectivity index (χ0v) is 13.6. The van der Waals surface area contributed by atoms with Gasteiger partial charge in [0.15, 0.2) is 15.7 Å². The molecule has 0 atom stereocenters. The minimum atomic E-state index is -3.26. The predicted molar refractivity (Wildman–Crippen MR) is 89.8 cm³/mol. The number of nitrogens with two attached hydrogens (primary N) is 1. The van der Waals surface area contributed by atoms with Gasteiger partial charge in [-0.05, 0) is 31.0 Å². The Kier molecular flexibility index (Phi) is 4.04. The summed E-state index contributed by atoms with van der Waals surface area (Å²) in [5.41, 5.74) is 8.37. The molecule has 120 valence electrons. The maximum atomic E-state index is 12.3. The van der Waals surface area contributed by atoms with Gasteiger partial charge in [-0.15, -0.1) is 0 Å². The number of sulfone groups is 1. The second kappa shape index (κ2) is 6.00. The average Bonchev–Trinajstić information content (AvgIpc) is 2.97. The first kappa shape index (κ1) is 15.5. The van der Waals surface area contributed by atoms with E-state index in [1.165, 1.54) is 0 Å². The van der Waals surface area contributed by atoms with Crippen LogP contribution in [0.25, 0.3) is 11.0 Å². The van der Waals surface area contributed by atoms with Gasteiger partial charge in [0, 0.05) is 12.7 Å². The van der Waals surface area contributed by atoms with E-state index in [2.05, 4.69) is 9.97 Å². The summed E-state index contributed by atoms with van der Waals surface area (Å²) >= 11 is 0. The Morgan fingerprint density at radius 3 is 2.65 bits per heavy atom. The van der Waals surface area contributed by atoms with E-state index in [0.29, 0.717) is 29.2 Å². The van der Waals surface area contributed by atoms with Crippen LogP contribution in [-0.2, 0) is 16.4 Å². The number of aromatic nitrogens is 3. The average molecular weight is 330 g/mol. The van der Waals surface area contributed by atoms with Crippen LogP contribution in [0.1, 0.15) is 12.0 Å². The zero-order chi connectivity index (χ0) is 16.4. The second-order valence-electron chi connectivity index (χ2n) is 5.45. The fourth-order valence-electron chi connectivity index (χ4n) is 2.61. The van der Waals surface area contributed by atoms with Gasteiger partial charge in [-0.3, -0.25) is 0 Å². The minimum absolute atomic E-state index is 0.0936. The first-order chi connectivity index (χ1) is 11.0. The van der Waals surface area contributed by atoms with Crippen molar-refractivity contribution in [2.45, 2.75) is 24.8 Å². The smallest absolute Gasteiger partial charge is 0.178 e. The summed E-state index contributed by atoms with van der Waals surface area (Å²) in [6.45, 7) is 2.50. The van der Waals surface area contributed by atoms with E-state index >= 15 is 0 Å². The lowest BCUT2D eigenvalue weighted by atomic mass is 10.2. The molecule has 0 saturated carbocycles. The molecule has 0 unspecified atom stereocenters. The van der Waals surface area contributed by atoms with Crippen molar-refractivity contribution < 1.29 is 8.42 Å². The molecule has 3 rings (SSSR count). The number of hydrogen-bond donors (Lipinski definition) is 1. The molecular formula is C16H18N4O2S. The lowest BCUT2D eigenvalue weighted by Gasteiger charge is -2.08. The largest absolute Gasteiger partial charge is 0.382 e. The molecule has 0 radical (unpaired) electrons. The zero-order valence-electron chi connectivity index (χ0n) is 12.8. The van der Waals surface area contributed by atoms with Crippen LogP contribution in [0.2, 0.25) is 0 Å². The topological polar surface area (TPSA) is 90.9 Å². The molecule has 6 nitrogen and oxygen atoms in total. The molecule has 7 heteroatoms. The molecule has 2 heterocycles. The van der Waals surface area contributed by atoms with Gasteiger partial charge in [-0.25, -0.2) is 18.4 Å². The standard InChI is InChI=1S/C16H18N4O2S/c1-12-10-18-16(17)14-15(12)20(11-19-14)8-5-9-23(21,22)13-6-3-2-4-7-13/h2-4,6-7,10-11H,5,8-9H2,1H3,(H2,17,18). The number of aryl methyl sites for hydroxylation is 2. The van der Waals surface area contributed by atoms with Crippen molar-refractivity contribution in [2.75, 3.05) is 11.5 Å². The third-order valence-electron chi connectivity index (χ3n) is 3.77.